The zero-order valence-corrected chi connectivity index (χ0v) is 13.3. The average Bonchev–Trinajstić information content (AvgIpc) is 2.90. The SMILES string of the molecule is Cc1cnc(-c2cc(C#N)cc(OCC3(F)CN(C)C3)c2)s1. The van der Waals surface area contributed by atoms with Crippen molar-refractivity contribution in [1.29, 1.82) is 5.26 Å². The second kappa shape index (κ2) is 5.67. The summed E-state index contributed by atoms with van der Waals surface area (Å²) in [5.74, 6) is 0.508. The third-order valence-electron chi connectivity index (χ3n) is 3.51. The molecular weight excluding hydrogens is 301 g/mol. The predicted molar refractivity (Wildman–Crippen MR) is 83.8 cm³/mol. The molecule has 0 atom stereocenters. The summed E-state index contributed by atoms with van der Waals surface area (Å²) in [4.78, 5) is 7.32. The zero-order valence-electron chi connectivity index (χ0n) is 12.5. The lowest BCUT2D eigenvalue weighted by molar-refractivity contribution is -0.0466. The molecule has 4 nitrogen and oxygen atoms in total. The fourth-order valence-electron chi connectivity index (χ4n) is 2.58. The van der Waals surface area contributed by atoms with Gasteiger partial charge in [0, 0.05) is 29.7 Å². The topological polar surface area (TPSA) is 49.1 Å². The second-order valence-corrected chi connectivity index (χ2v) is 6.98. The monoisotopic (exact) mass is 317 g/mol. The quantitative estimate of drug-likeness (QED) is 0.870. The maximum Gasteiger partial charge on any atom is 0.169 e. The Kier molecular flexibility index (Phi) is 3.85. The molecule has 0 unspecified atom stereocenters. The number of hydrogen-bond acceptors (Lipinski definition) is 5. The molecule has 6 heteroatoms. The lowest BCUT2D eigenvalue weighted by Crippen LogP contribution is -2.60. The van der Waals surface area contributed by atoms with E-state index in [0.29, 0.717) is 24.4 Å². The molecule has 0 spiro atoms. The van der Waals surface area contributed by atoms with Crippen LogP contribution in [-0.4, -0.2) is 42.3 Å². The third-order valence-corrected chi connectivity index (χ3v) is 4.47. The summed E-state index contributed by atoms with van der Waals surface area (Å²) in [7, 11) is 1.87. The van der Waals surface area contributed by atoms with Crippen molar-refractivity contribution < 1.29 is 9.13 Å². The fraction of sp³-hybridized carbons (Fsp3) is 0.375. The van der Waals surface area contributed by atoms with Crippen LogP contribution in [0, 0.1) is 18.3 Å². The van der Waals surface area contributed by atoms with E-state index in [4.69, 9.17) is 10.00 Å². The molecule has 0 bridgehead atoms. The number of halogens is 1. The Balaban J connectivity index is 1.81. The molecule has 2 heterocycles. The van der Waals surface area contributed by atoms with Gasteiger partial charge in [0.15, 0.2) is 5.67 Å². The number of ether oxygens (including phenoxy) is 1. The van der Waals surface area contributed by atoms with E-state index < -0.39 is 5.67 Å². The minimum atomic E-state index is -1.30. The van der Waals surface area contributed by atoms with Gasteiger partial charge in [0.2, 0.25) is 0 Å². The maximum atomic E-state index is 14.2. The van der Waals surface area contributed by atoms with Crippen LogP contribution in [0.5, 0.6) is 5.75 Å². The first-order valence-corrected chi connectivity index (χ1v) is 7.77. The van der Waals surface area contributed by atoms with Crippen molar-refractivity contribution in [3.05, 3.63) is 34.8 Å². The molecule has 1 aromatic carbocycles. The number of benzene rings is 1. The van der Waals surface area contributed by atoms with Gasteiger partial charge < -0.3 is 4.74 Å². The zero-order chi connectivity index (χ0) is 15.7. The molecule has 0 saturated carbocycles. The molecule has 1 aliphatic heterocycles. The Labute approximate surface area is 132 Å². The van der Waals surface area contributed by atoms with Gasteiger partial charge in [-0.05, 0) is 32.2 Å². The van der Waals surface area contributed by atoms with E-state index in [1.165, 1.54) is 0 Å². The van der Waals surface area contributed by atoms with E-state index >= 15 is 0 Å². The summed E-state index contributed by atoms with van der Waals surface area (Å²) in [6.07, 6.45) is 1.79. The highest BCUT2D eigenvalue weighted by molar-refractivity contribution is 7.14. The van der Waals surface area contributed by atoms with Crippen LogP contribution >= 0.6 is 11.3 Å². The minimum absolute atomic E-state index is 0.00254. The molecule has 114 valence electrons. The normalized spacial score (nSPS) is 16.8. The first kappa shape index (κ1) is 14.9. The number of aryl methyl sites for hydroxylation is 1. The Bertz CT molecular complexity index is 731. The molecule has 0 N–H and O–H groups in total. The third kappa shape index (κ3) is 3.11. The Hall–Kier alpha value is -1.97. The number of likely N-dealkylation sites (tertiary alicyclic amines) is 1. The van der Waals surface area contributed by atoms with Crippen LogP contribution in [0.15, 0.2) is 24.4 Å². The van der Waals surface area contributed by atoms with Gasteiger partial charge >= 0.3 is 0 Å². The number of nitriles is 1. The number of hydrogen-bond donors (Lipinski definition) is 0. The highest BCUT2D eigenvalue weighted by Gasteiger charge is 2.42. The van der Waals surface area contributed by atoms with E-state index in [0.717, 1.165) is 15.4 Å². The summed E-state index contributed by atoms with van der Waals surface area (Å²) in [6, 6.07) is 7.33. The van der Waals surface area contributed by atoms with Gasteiger partial charge in [0.25, 0.3) is 0 Å². The molecule has 1 fully saturated rings. The van der Waals surface area contributed by atoms with Gasteiger partial charge in [-0.15, -0.1) is 11.3 Å². The molecule has 0 radical (unpaired) electrons. The summed E-state index contributed by atoms with van der Waals surface area (Å²) in [5.41, 5.74) is 0.0137. The molecule has 1 aromatic heterocycles. The molecular formula is C16H16FN3OS. The molecule has 1 saturated heterocycles. The Morgan fingerprint density at radius 3 is 2.82 bits per heavy atom. The molecule has 3 rings (SSSR count). The first-order chi connectivity index (χ1) is 10.5. The predicted octanol–water partition coefficient (Wildman–Crippen LogP) is 3.02. The van der Waals surface area contributed by atoms with Crippen molar-refractivity contribution in [2.24, 2.45) is 0 Å². The summed E-state index contributed by atoms with van der Waals surface area (Å²) in [6.45, 7) is 2.74. The van der Waals surface area contributed by atoms with Gasteiger partial charge in [0.1, 0.15) is 17.4 Å². The van der Waals surface area contributed by atoms with Gasteiger partial charge in [-0.2, -0.15) is 5.26 Å². The van der Waals surface area contributed by atoms with Crippen LogP contribution in [0.3, 0.4) is 0 Å². The van der Waals surface area contributed by atoms with E-state index in [2.05, 4.69) is 11.1 Å². The first-order valence-electron chi connectivity index (χ1n) is 6.96. The molecule has 2 aromatic rings. The number of alkyl halides is 1. The van der Waals surface area contributed by atoms with Crippen LogP contribution in [0.25, 0.3) is 10.6 Å². The van der Waals surface area contributed by atoms with Gasteiger partial charge in [-0.1, -0.05) is 0 Å². The minimum Gasteiger partial charge on any atom is -0.490 e. The van der Waals surface area contributed by atoms with E-state index in [1.807, 2.05) is 24.9 Å². The largest absolute Gasteiger partial charge is 0.490 e. The molecule has 1 aliphatic rings. The van der Waals surface area contributed by atoms with Crippen LogP contribution in [0.2, 0.25) is 0 Å². The number of thiazole rings is 1. The molecule has 0 amide bonds. The Morgan fingerprint density at radius 2 is 2.23 bits per heavy atom. The van der Waals surface area contributed by atoms with Crippen LogP contribution in [-0.2, 0) is 0 Å². The lowest BCUT2D eigenvalue weighted by atomic mass is 9.98. The highest BCUT2D eigenvalue weighted by atomic mass is 32.1. The van der Waals surface area contributed by atoms with E-state index in [-0.39, 0.29) is 6.61 Å². The number of aromatic nitrogens is 1. The molecule has 22 heavy (non-hydrogen) atoms. The van der Waals surface area contributed by atoms with Crippen LogP contribution in [0.4, 0.5) is 4.39 Å². The molecule has 0 aliphatic carbocycles. The Morgan fingerprint density at radius 1 is 1.45 bits per heavy atom. The highest BCUT2D eigenvalue weighted by Crippen LogP contribution is 2.31. The van der Waals surface area contributed by atoms with Gasteiger partial charge in [0.05, 0.1) is 11.6 Å². The fourth-order valence-corrected chi connectivity index (χ4v) is 3.34. The van der Waals surface area contributed by atoms with Gasteiger partial charge in [-0.25, -0.2) is 9.37 Å². The summed E-state index contributed by atoms with van der Waals surface area (Å²) >= 11 is 1.55. The maximum absolute atomic E-state index is 14.2. The van der Waals surface area contributed by atoms with Crippen molar-refractivity contribution >= 4 is 11.3 Å². The van der Waals surface area contributed by atoms with Crippen molar-refractivity contribution in [2.75, 3.05) is 26.7 Å². The van der Waals surface area contributed by atoms with Crippen LogP contribution < -0.4 is 4.74 Å². The lowest BCUT2D eigenvalue weighted by Gasteiger charge is -2.41. The van der Waals surface area contributed by atoms with Crippen molar-refractivity contribution in [3.8, 4) is 22.4 Å². The van der Waals surface area contributed by atoms with Gasteiger partial charge in [-0.3, -0.25) is 4.90 Å². The van der Waals surface area contributed by atoms with Crippen molar-refractivity contribution in [2.45, 2.75) is 12.6 Å². The summed E-state index contributed by atoms with van der Waals surface area (Å²) < 4.78 is 19.8. The van der Waals surface area contributed by atoms with Crippen LogP contribution in [0.1, 0.15) is 10.4 Å². The standard InChI is InChI=1S/C16H16FN3OS/c1-11-7-19-15(22-11)13-3-12(6-18)4-14(5-13)21-10-16(17)8-20(2)9-16/h3-5,7H,8-10H2,1-2H3. The van der Waals surface area contributed by atoms with E-state index in [1.54, 1.807) is 29.7 Å². The average molecular weight is 317 g/mol. The number of rotatable bonds is 4. The smallest absolute Gasteiger partial charge is 0.169 e. The van der Waals surface area contributed by atoms with Crippen molar-refractivity contribution in [3.63, 3.8) is 0 Å². The second-order valence-electron chi connectivity index (χ2n) is 5.75. The van der Waals surface area contributed by atoms with E-state index in [9.17, 15) is 4.39 Å². The summed E-state index contributed by atoms with van der Waals surface area (Å²) in [5, 5.41) is 9.99. The number of nitrogens with zero attached hydrogens (tertiary/aromatic N) is 3. The van der Waals surface area contributed by atoms with Crippen molar-refractivity contribution in [1.82, 2.24) is 9.88 Å².